The van der Waals surface area contributed by atoms with E-state index in [1.165, 1.54) is 38.8 Å². The molecular formula is C16H28N2O. The summed E-state index contributed by atoms with van der Waals surface area (Å²) >= 11 is 0. The smallest absolute Gasteiger partial charge is 0.223 e. The van der Waals surface area contributed by atoms with Gasteiger partial charge in [-0.15, -0.1) is 0 Å². The average molecular weight is 264 g/mol. The molecule has 0 spiro atoms. The normalized spacial score (nSPS) is 32.4. The summed E-state index contributed by atoms with van der Waals surface area (Å²) < 4.78 is 0. The SMILES string of the molecule is CC1(C)CC1C(=O)NC1CCN(C2CCCC2)CC1. The number of rotatable bonds is 3. The van der Waals surface area contributed by atoms with Gasteiger partial charge in [0.05, 0.1) is 0 Å². The van der Waals surface area contributed by atoms with Gasteiger partial charge in [-0.25, -0.2) is 0 Å². The third kappa shape index (κ3) is 2.96. The van der Waals surface area contributed by atoms with E-state index in [0.717, 1.165) is 25.3 Å². The number of carbonyl (C=O) groups is 1. The lowest BCUT2D eigenvalue weighted by molar-refractivity contribution is -0.124. The van der Waals surface area contributed by atoms with Gasteiger partial charge in [-0.05, 0) is 37.5 Å². The van der Waals surface area contributed by atoms with E-state index >= 15 is 0 Å². The van der Waals surface area contributed by atoms with Crippen molar-refractivity contribution in [1.82, 2.24) is 10.2 Å². The fraction of sp³-hybridized carbons (Fsp3) is 0.938. The van der Waals surface area contributed by atoms with E-state index < -0.39 is 0 Å². The predicted molar refractivity (Wildman–Crippen MR) is 76.9 cm³/mol. The number of hydrogen-bond donors (Lipinski definition) is 1. The molecule has 1 atom stereocenters. The first-order valence-electron chi connectivity index (χ1n) is 8.11. The lowest BCUT2D eigenvalue weighted by atomic mass is 10.0. The van der Waals surface area contributed by atoms with Crippen LogP contribution in [0.4, 0.5) is 0 Å². The lowest BCUT2D eigenvalue weighted by Gasteiger charge is -2.36. The van der Waals surface area contributed by atoms with Crippen molar-refractivity contribution in [1.29, 1.82) is 0 Å². The van der Waals surface area contributed by atoms with Gasteiger partial charge in [0.15, 0.2) is 0 Å². The summed E-state index contributed by atoms with van der Waals surface area (Å²) in [4.78, 5) is 14.8. The first-order valence-corrected chi connectivity index (χ1v) is 8.11. The van der Waals surface area contributed by atoms with E-state index in [1.807, 2.05) is 0 Å². The molecule has 1 N–H and O–H groups in total. The van der Waals surface area contributed by atoms with Crippen LogP contribution < -0.4 is 5.32 Å². The van der Waals surface area contributed by atoms with Gasteiger partial charge >= 0.3 is 0 Å². The number of hydrogen-bond acceptors (Lipinski definition) is 2. The monoisotopic (exact) mass is 264 g/mol. The van der Waals surface area contributed by atoms with Crippen molar-refractivity contribution >= 4 is 5.91 Å². The number of likely N-dealkylation sites (tertiary alicyclic amines) is 1. The maximum atomic E-state index is 12.1. The van der Waals surface area contributed by atoms with Crippen LogP contribution in [0.1, 0.15) is 58.8 Å². The van der Waals surface area contributed by atoms with Gasteiger partial charge in [0.25, 0.3) is 0 Å². The van der Waals surface area contributed by atoms with E-state index in [-0.39, 0.29) is 11.3 Å². The van der Waals surface area contributed by atoms with Crippen LogP contribution >= 0.6 is 0 Å². The summed E-state index contributed by atoms with van der Waals surface area (Å²) in [5.41, 5.74) is 0.259. The maximum Gasteiger partial charge on any atom is 0.223 e. The Hall–Kier alpha value is -0.570. The quantitative estimate of drug-likeness (QED) is 0.849. The largest absolute Gasteiger partial charge is 0.353 e. The van der Waals surface area contributed by atoms with Crippen LogP contribution in [0.15, 0.2) is 0 Å². The summed E-state index contributed by atoms with van der Waals surface area (Å²) in [5, 5.41) is 3.28. The zero-order valence-electron chi connectivity index (χ0n) is 12.5. The molecule has 19 heavy (non-hydrogen) atoms. The molecule has 2 aliphatic carbocycles. The average Bonchev–Trinajstić information content (AvgIpc) is 2.81. The lowest BCUT2D eigenvalue weighted by Crippen LogP contribution is -2.47. The highest BCUT2D eigenvalue weighted by atomic mass is 16.2. The molecule has 1 saturated heterocycles. The Kier molecular flexibility index (Phi) is 3.59. The van der Waals surface area contributed by atoms with Crippen LogP contribution in [0.5, 0.6) is 0 Å². The summed E-state index contributed by atoms with van der Waals surface area (Å²) in [6.07, 6.45) is 8.99. The molecule has 0 aromatic rings. The second kappa shape index (κ2) is 5.08. The molecule has 2 saturated carbocycles. The van der Waals surface area contributed by atoms with E-state index in [2.05, 4.69) is 24.1 Å². The highest BCUT2D eigenvalue weighted by Gasteiger charge is 2.50. The zero-order chi connectivity index (χ0) is 13.5. The van der Waals surface area contributed by atoms with E-state index in [9.17, 15) is 4.79 Å². The van der Waals surface area contributed by atoms with E-state index in [4.69, 9.17) is 0 Å². The number of piperidine rings is 1. The highest BCUT2D eigenvalue weighted by molar-refractivity contribution is 5.82. The van der Waals surface area contributed by atoms with Gasteiger partial charge in [0, 0.05) is 31.1 Å². The fourth-order valence-corrected chi connectivity index (χ4v) is 3.89. The van der Waals surface area contributed by atoms with Crippen molar-refractivity contribution in [3.63, 3.8) is 0 Å². The molecule has 3 nitrogen and oxygen atoms in total. The second-order valence-electron chi connectivity index (χ2n) is 7.50. The van der Waals surface area contributed by atoms with Crippen molar-refractivity contribution < 1.29 is 4.79 Å². The molecule has 3 fully saturated rings. The first kappa shape index (κ1) is 13.4. The molecule has 0 bridgehead atoms. The Morgan fingerprint density at radius 2 is 1.68 bits per heavy atom. The van der Waals surface area contributed by atoms with Crippen LogP contribution in [-0.4, -0.2) is 36.0 Å². The third-order valence-corrected chi connectivity index (χ3v) is 5.55. The Bertz CT molecular complexity index is 339. The Morgan fingerprint density at radius 3 is 2.21 bits per heavy atom. The van der Waals surface area contributed by atoms with Crippen molar-refractivity contribution in [3.8, 4) is 0 Å². The predicted octanol–water partition coefficient (Wildman–Crippen LogP) is 2.56. The minimum Gasteiger partial charge on any atom is -0.353 e. The molecule has 1 amide bonds. The summed E-state index contributed by atoms with van der Waals surface area (Å²) in [7, 11) is 0. The topological polar surface area (TPSA) is 32.3 Å². The van der Waals surface area contributed by atoms with Crippen LogP contribution in [0.25, 0.3) is 0 Å². The Balaban J connectivity index is 1.42. The number of amides is 1. The van der Waals surface area contributed by atoms with Crippen LogP contribution in [0.3, 0.4) is 0 Å². The molecular weight excluding hydrogens is 236 g/mol. The minimum atomic E-state index is 0.259. The molecule has 3 heteroatoms. The Labute approximate surface area is 117 Å². The molecule has 0 aromatic carbocycles. The first-order chi connectivity index (χ1) is 9.06. The van der Waals surface area contributed by atoms with Crippen LogP contribution in [-0.2, 0) is 4.79 Å². The number of nitrogens with one attached hydrogen (secondary N) is 1. The highest BCUT2D eigenvalue weighted by Crippen LogP contribution is 2.51. The van der Waals surface area contributed by atoms with Crippen molar-refractivity contribution in [2.24, 2.45) is 11.3 Å². The fourth-order valence-electron chi connectivity index (χ4n) is 3.89. The third-order valence-electron chi connectivity index (χ3n) is 5.55. The van der Waals surface area contributed by atoms with Crippen LogP contribution in [0.2, 0.25) is 0 Å². The second-order valence-corrected chi connectivity index (χ2v) is 7.50. The summed E-state index contributed by atoms with van der Waals surface area (Å²) in [5.74, 6) is 0.588. The molecule has 108 valence electrons. The van der Waals surface area contributed by atoms with Gasteiger partial charge in [-0.1, -0.05) is 26.7 Å². The van der Waals surface area contributed by atoms with Crippen molar-refractivity contribution in [2.45, 2.75) is 70.9 Å². The standard InChI is InChI=1S/C16H28N2O/c1-16(2)11-14(16)15(19)17-12-7-9-18(10-8-12)13-5-3-4-6-13/h12-14H,3-11H2,1-2H3,(H,17,19). The van der Waals surface area contributed by atoms with Gasteiger partial charge in [-0.3, -0.25) is 4.79 Å². The number of nitrogens with zero attached hydrogens (tertiary/aromatic N) is 1. The number of carbonyl (C=O) groups excluding carboxylic acids is 1. The van der Waals surface area contributed by atoms with Crippen molar-refractivity contribution in [3.05, 3.63) is 0 Å². The van der Waals surface area contributed by atoms with Gasteiger partial charge < -0.3 is 10.2 Å². The van der Waals surface area contributed by atoms with Crippen LogP contribution in [0, 0.1) is 11.3 Å². The summed E-state index contributed by atoms with van der Waals surface area (Å²) in [6.45, 7) is 6.76. The van der Waals surface area contributed by atoms with E-state index in [1.54, 1.807) is 0 Å². The molecule has 0 aromatic heterocycles. The molecule has 1 heterocycles. The van der Waals surface area contributed by atoms with Crippen molar-refractivity contribution in [2.75, 3.05) is 13.1 Å². The Morgan fingerprint density at radius 1 is 1.11 bits per heavy atom. The molecule has 1 aliphatic heterocycles. The summed E-state index contributed by atoms with van der Waals surface area (Å²) in [6, 6.07) is 1.28. The molecule has 0 radical (unpaired) electrons. The van der Waals surface area contributed by atoms with Gasteiger partial charge in [-0.2, -0.15) is 0 Å². The molecule has 3 rings (SSSR count). The van der Waals surface area contributed by atoms with Gasteiger partial charge in [0.2, 0.25) is 5.91 Å². The van der Waals surface area contributed by atoms with E-state index in [0.29, 0.717) is 11.9 Å². The molecule has 3 aliphatic rings. The minimum absolute atomic E-state index is 0.259. The molecule has 1 unspecified atom stereocenters. The maximum absolute atomic E-state index is 12.1. The zero-order valence-corrected chi connectivity index (χ0v) is 12.5. The van der Waals surface area contributed by atoms with Gasteiger partial charge in [0.1, 0.15) is 0 Å².